The third-order valence-electron chi connectivity index (χ3n) is 5.19. The number of rotatable bonds is 6. The van der Waals surface area contributed by atoms with E-state index in [1.165, 1.54) is 19.3 Å². The minimum atomic E-state index is -0.482. The van der Waals surface area contributed by atoms with Crippen LogP contribution >= 0.6 is 0 Å². The lowest BCUT2D eigenvalue weighted by Gasteiger charge is -2.27. The first kappa shape index (κ1) is 16.3. The topological polar surface area (TPSA) is 32.7 Å². The van der Waals surface area contributed by atoms with E-state index in [4.69, 9.17) is 4.74 Å². The number of ether oxygens (including phenoxy) is 1. The summed E-state index contributed by atoms with van der Waals surface area (Å²) >= 11 is 0. The fraction of sp³-hybridized carbons (Fsp3) is 0.667. The van der Waals surface area contributed by atoms with Gasteiger partial charge in [-0.1, -0.05) is 25.5 Å². The third kappa shape index (κ3) is 3.58. The largest absolute Gasteiger partial charge is 0.496 e. The fourth-order valence-electron chi connectivity index (χ4n) is 3.47. The molecule has 2 rings (SSSR count). The van der Waals surface area contributed by atoms with Gasteiger partial charge in [0.25, 0.3) is 0 Å². The number of likely N-dealkylation sites (tertiary alicyclic amines) is 1. The number of nitrogens with zero attached hydrogens (tertiary/aromatic N) is 1. The average molecular weight is 291 g/mol. The number of hydrogen-bond donors (Lipinski definition) is 1. The number of aliphatic hydroxyl groups is 1. The number of methoxy groups -OCH3 is 1. The maximum Gasteiger partial charge on any atom is 0.124 e. The van der Waals surface area contributed by atoms with Gasteiger partial charge in [0.05, 0.1) is 13.2 Å². The van der Waals surface area contributed by atoms with Crippen LogP contribution in [0.3, 0.4) is 0 Å². The molecule has 1 aliphatic rings. The Labute approximate surface area is 128 Å². The smallest absolute Gasteiger partial charge is 0.124 e. The van der Waals surface area contributed by atoms with Crippen molar-refractivity contribution in [3.8, 4) is 5.75 Å². The van der Waals surface area contributed by atoms with Crippen LogP contribution in [-0.2, 0) is 0 Å². The second-order valence-corrected chi connectivity index (χ2v) is 6.45. The highest BCUT2D eigenvalue weighted by Gasteiger charge is 2.35. The van der Waals surface area contributed by atoms with Gasteiger partial charge in [-0.05, 0) is 50.3 Å². The van der Waals surface area contributed by atoms with Crippen LogP contribution in [0.1, 0.15) is 50.3 Å². The van der Waals surface area contributed by atoms with Crippen LogP contribution < -0.4 is 4.74 Å². The van der Waals surface area contributed by atoms with E-state index in [2.05, 4.69) is 18.7 Å². The first-order valence-electron chi connectivity index (χ1n) is 8.08. The molecule has 1 unspecified atom stereocenters. The minimum Gasteiger partial charge on any atom is -0.496 e. The summed E-state index contributed by atoms with van der Waals surface area (Å²) < 4.78 is 5.39. The number of aliphatic hydroxyl groups excluding tert-OH is 1. The molecule has 1 aliphatic heterocycles. The van der Waals surface area contributed by atoms with E-state index in [-0.39, 0.29) is 0 Å². The predicted octanol–water partition coefficient (Wildman–Crippen LogP) is 3.55. The third-order valence-corrected chi connectivity index (χ3v) is 5.19. The van der Waals surface area contributed by atoms with Gasteiger partial charge in [-0.15, -0.1) is 0 Å². The first-order valence-corrected chi connectivity index (χ1v) is 8.08. The van der Waals surface area contributed by atoms with Crippen LogP contribution in [0.4, 0.5) is 0 Å². The van der Waals surface area contributed by atoms with Crippen molar-refractivity contribution in [3.63, 3.8) is 0 Å². The van der Waals surface area contributed by atoms with Gasteiger partial charge < -0.3 is 9.84 Å². The molecule has 1 N–H and O–H groups in total. The van der Waals surface area contributed by atoms with Crippen molar-refractivity contribution in [2.45, 2.75) is 46.1 Å². The Balaban J connectivity index is 2.06. The molecule has 0 saturated carbocycles. The minimum absolute atomic E-state index is 0.455. The zero-order chi connectivity index (χ0) is 15.5. The van der Waals surface area contributed by atoms with Crippen molar-refractivity contribution in [1.29, 1.82) is 0 Å². The summed E-state index contributed by atoms with van der Waals surface area (Å²) in [6, 6.07) is 6.00. The Morgan fingerprint density at radius 2 is 2.05 bits per heavy atom. The molecular formula is C18H29NO2. The molecule has 0 aromatic heterocycles. The summed E-state index contributed by atoms with van der Waals surface area (Å²) in [6.45, 7) is 9.50. The van der Waals surface area contributed by atoms with E-state index in [9.17, 15) is 5.11 Å². The Morgan fingerprint density at radius 1 is 1.33 bits per heavy atom. The molecule has 0 radical (unpaired) electrons. The van der Waals surface area contributed by atoms with Gasteiger partial charge in [0.15, 0.2) is 0 Å². The summed E-state index contributed by atoms with van der Waals surface area (Å²) in [5, 5.41) is 10.6. The van der Waals surface area contributed by atoms with E-state index in [0.29, 0.717) is 12.0 Å². The molecule has 1 aromatic rings. The Bertz CT molecular complexity index is 468. The van der Waals surface area contributed by atoms with Gasteiger partial charge in [-0.25, -0.2) is 0 Å². The molecule has 1 saturated heterocycles. The number of β-amino-alcohol motifs (C(OH)–C–C–N with tert-alkyl or cyclic N) is 1. The Morgan fingerprint density at radius 3 is 2.62 bits per heavy atom. The van der Waals surface area contributed by atoms with Crippen LogP contribution in [0.5, 0.6) is 5.75 Å². The molecule has 118 valence electrons. The normalized spacial score (nSPS) is 19.7. The van der Waals surface area contributed by atoms with Gasteiger partial charge >= 0.3 is 0 Å². The highest BCUT2D eigenvalue weighted by molar-refractivity contribution is 5.38. The van der Waals surface area contributed by atoms with E-state index in [0.717, 1.165) is 30.0 Å². The SMILES string of the molecule is CCC1(CC)CCN(CC(O)c2cc(C)ccc2OC)C1. The summed E-state index contributed by atoms with van der Waals surface area (Å²) in [7, 11) is 1.66. The van der Waals surface area contributed by atoms with Gasteiger partial charge in [0.2, 0.25) is 0 Å². The molecule has 0 amide bonds. The molecule has 1 aromatic carbocycles. The van der Waals surface area contributed by atoms with Crippen LogP contribution in [0.15, 0.2) is 18.2 Å². The second-order valence-electron chi connectivity index (χ2n) is 6.45. The number of hydrogen-bond acceptors (Lipinski definition) is 3. The molecular weight excluding hydrogens is 262 g/mol. The van der Waals surface area contributed by atoms with Gasteiger partial charge in [0.1, 0.15) is 5.75 Å². The lowest BCUT2D eigenvalue weighted by atomic mass is 9.82. The van der Waals surface area contributed by atoms with Crippen LogP contribution in [0.25, 0.3) is 0 Å². The monoisotopic (exact) mass is 291 g/mol. The van der Waals surface area contributed by atoms with Crippen molar-refractivity contribution in [2.75, 3.05) is 26.7 Å². The summed E-state index contributed by atoms with van der Waals surface area (Å²) in [6.07, 6.45) is 3.22. The molecule has 3 nitrogen and oxygen atoms in total. The molecule has 0 aliphatic carbocycles. The first-order chi connectivity index (χ1) is 10.0. The maximum absolute atomic E-state index is 10.6. The number of benzene rings is 1. The molecule has 1 atom stereocenters. The van der Waals surface area contributed by atoms with Crippen molar-refractivity contribution in [3.05, 3.63) is 29.3 Å². The van der Waals surface area contributed by atoms with Crippen molar-refractivity contribution < 1.29 is 9.84 Å². The van der Waals surface area contributed by atoms with E-state index >= 15 is 0 Å². The van der Waals surface area contributed by atoms with Crippen LogP contribution in [0.2, 0.25) is 0 Å². The highest BCUT2D eigenvalue weighted by Crippen LogP contribution is 2.38. The highest BCUT2D eigenvalue weighted by atomic mass is 16.5. The van der Waals surface area contributed by atoms with Crippen molar-refractivity contribution in [2.24, 2.45) is 5.41 Å². The van der Waals surface area contributed by atoms with E-state index in [1.54, 1.807) is 7.11 Å². The molecule has 1 fully saturated rings. The van der Waals surface area contributed by atoms with Gasteiger partial charge in [-0.3, -0.25) is 4.90 Å². The number of aryl methyl sites for hydroxylation is 1. The summed E-state index contributed by atoms with van der Waals surface area (Å²) in [4.78, 5) is 2.40. The molecule has 21 heavy (non-hydrogen) atoms. The van der Waals surface area contributed by atoms with Gasteiger partial charge in [0, 0.05) is 18.7 Å². The van der Waals surface area contributed by atoms with Crippen LogP contribution in [-0.4, -0.2) is 36.8 Å². The fourth-order valence-corrected chi connectivity index (χ4v) is 3.47. The maximum atomic E-state index is 10.6. The Kier molecular flexibility index (Phi) is 5.28. The molecule has 3 heteroatoms. The summed E-state index contributed by atoms with van der Waals surface area (Å²) in [5.41, 5.74) is 2.52. The Hall–Kier alpha value is -1.06. The molecule has 0 bridgehead atoms. The van der Waals surface area contributed by atoms with Crippen molar-refractivity contribution in [1.82, 2.24) is 4.90 Å². The zero-order valence-electron chi connectivity index (χ0n) is 13.9. The lowest BCUT2D eigenvalue weighted by molar-refractivity contribution is 0.114. The zero-order valence-corrected chi connectivity index (χ0v) is 13.9. The predicted molar refractivity (Wildman–Crippen MR) is 86.8 cm³/mol. The van der Waals surface area contributed by atoms with Crippen molar-refractivity contribution >= 4 is 0 Å². The quantitative estimate of drug-likeness (QED) is 0.870. The lowest BCUT2D eigenvalue weighted by Crippen LogP contribution is -2.30. The summed E-state index contributed by atoms with van der Waals surface area (Å²) in [5.74, 6) is 0.782. The standard InChI is InChI=1S/C18H29NO2/c1-5-18(6-2)9-10-19(13-18)12-16(20)15-11-14(3)7-8-17(15)21-4/h7-8,11,16,20H,5-6,9-10,12-13H2,1-4H3. The van der Waals surface area contributed by atoms with Gasteiger partial charge in [-0.2, -0.15) is 0 Å². The van der Waals surface area contributed by atoms with E-state index in [1.807, 2.05) is 25.1 Å². The molecule has 1 heterocycles. The second kappa shape index (κ2) is 6.80. The average Bonchev–Trinajstić information content (AvgIpc) is 2.91. The van der Waals surface area contributed by atoms with E-state index < -0.39 is 6.10 Å². The molecule has 0 spiro atoms. The van der Waals surface area contributed by atoms with Crippen LogP contribution in [0, 0.1) is 12.3 Å².